The molecular formula is C17H17F3N2O4. The molecule has 3 rings (SSSR count). The van der Waals surface area contributed by atoms with E-state index in [2.05, 4.69) is 14.7 Å². The van der Waals surface area contributed by atoms with Crippen molar-refractivity contribution >= 4 is 5.97 Å². The first-order valence-electron chi connectivity index (χ1n) is 8.13. The molecule has 1 heterocycles. The lowest BCUT2D eigenvalue weighted by Gasteiger charge is -2.29. The number of alkyl halides is 3. The second-order valence-electron chi connectivity index (χ2n) is 6.00. The molecule has 2 aromatic rings. The fourth-order valence-electron chi connectivity index (χ4n) is 2.88. The van der Waals surface area contributed by atoms with Crippen molar-refractivity contribution in [3.05, 3.63) is 35.7 Å². The number of hydrogen-bond donors (Lipinski definition) is 0. The largest absolute Gasteiger partial charge is 0.471 e. The summed E-state index contributed by atoms with van der Waals surface area (Å²) in [6.07, 6.45) is -1.54. The second kappa shape index (κ2) is 7.45. The monoisotopic (exact) mass is 370 g/mol. The van der Waals surface area contributed by atoms with Gasteiger partial charge in [0.1, 0.15) is 6.10 Å². The van der Waals surface area contributed by atoms with Gasteiger partial charge in [0.2, 0.25) is 5.82 Å². The van der Waals surface area contributed by atoms with Crippen molar-refractivity contribution in [2.24, 2.45) is 0 Å². The Kier molecular flexibility index (Phi) is 5.26. The zero-order valence-electron chi connectivity index (χ0n) is 14.0. The zero-order chi connectivity index (χ0) is 18.7. The Labute approximate surface area is 147 Å². The van der Waals surface area contributed by atoms with Crippen LogP contribution < -0.4 is 0 Å². The second-order valence-corrected chi connectivity index (χ2v) is 6.00. The highest BCUT2D eigenvalue weighted by molar-refractivity contribution is 5.90. The normalized spacial score (nSPS) is 20.8. The van der Waals surface area contributed by atoms with E-state index in [1.807, 2.05) is 0 Å². The van der Waals surface area contributed by atoms with Gasteiger partial charge in [-0.1, -0.05) is 23.7 Å². The molecule has 2 atom stereocenters. The van der Waals surface area contributed by atoms with E-state index in [9.17, 15) is 18.0 Å². The Morgan fingerprint density at radius 2 is 1.81 bits per heavy atom. The Hall–Kier alpha value is -2.42. The van der Waals surface area contributed by atoms with Gasteiger partial charge in [-0.15, -0.1) is 0 Å². The van der Waals surface area contributed by atoms with Crippen LogP contribution in [0.5, 0.6) is 0 Å². The predicted molar refractivity (Wildman–Crippen MR) is 83.2 cm³/mol. The highest BCUT2D eigenvalue weighted by Crippen LogP contribution is 2.29. The third-order valence-electron chi connectivity index (χ3n) is 4.25. The number of nitrogens with zero attached hydrogens (tertiary/aromatic N) is 2. The van der Waals surface area contributed by atoms with Crippen molar-refractivity contribution in [2.45, 2.75) is 44.1 Å². The van der Waals surface area contributed by atoms with Gasteiger partial charge >= 0.3 is 18.0 Å². The van der Waals surface area contributed by atoms with Crippen molar-refractivity contribution in [2.75, 3.05) is 7.11 Å². The first kappa shape index (κ1) is 18.4. The van der Waals surface area contributed by atoms with Crippen LogP contribution in [0.2, 0.25) is 0 Å². The number of benzene rings is 1. The molecule has 0 saturated heterocycles. The van der Waals surface area contributed by atoms with Crippen LogP contribution in [0.1, 0.15) is 41.9 Å². The lowest BCUT2D eigenvalue weighted by molar-refractivity contribution is -0.159. The molecule has 0 amide bonds. The number of hydrogen-bond acceptors (Lipinski definition) is 6. The fraction of sp³-hybridized carbons (Fsp3) is 0.471. The molecule has 0 spiro atoms. The highest BCUT2D eigenvalue weighted by Gasteiger charge is 2.38. The van der Waals surface area contributed by atoms with Crippen molar-refractivity contribution in [1.82, 2.24) is 10.1 Å². The van der Waals surface area contributed by atoms with E-state index in [0.29, 0.717) is 5.56 Å². The van der Waals surface area contributed by atoms with Crippen LogP contribution in [0.15, 0.2) is 28.8 Å². The molecule has 9 heteroatoms. The van der Waals surface area contributed by atoms with Crippen LogP contribution in [-0.2, 0) is 15.7 Å². The molecule has 0 aliphatic heterocycles. The Balaban J connectivity index is 1.69. The molecule has 6 nitrogen and oxygen atoms in total. The predicted octanol–water partition coefficient (Wildman–Crippen LogP) is 3.87. The molecule has 26 heavy (non-hydrogen) atoms. The molecule has 0 unspecified atom stereocenters. The third-order valence-corrected chi connectivity index (χ3v) is 4.25. The van der Waals surface area contributed by atoms with E-state index in [-0.39, 0.29) is 23.6 Å². The minimum absolute atomic E-state index is 0.118. The maximum Gasteiger partial charge on any atom is 0.471 e. The van der Waals surface area contributed by atoms with Crippen molar-refractivity contribution < 1.29 is 32.0 Å². The zero-order valence-corrected chi connectivity index (χ0v) is 14.0. The topological polar surface area (TPSA) is 74.5 Å². The number of aromatic nitrogens is 2. The third kappa shape index (κ3) is 4.04. The smallest absolute Gasteiger partial charge is 0.456 e. The first-order valence-corrected chi connectivity index (χ1v) is 8.13. The first-order chi connectivity index (χ1) is 12.4. The van der Waals surface area contributed by atoms with Gasteiger partial charge in [0.15, 0.2) is 0 Å². The van der Waals surface area contributed by atoms with E-state index in [1.54, 1.807) is 7.11 Å². The van der Waals surface area contributed by atoms with Crippen LogP contribution in [0, 0.1) is 0 Å². The molecule has 1 aliphatic rings. The van der Waals surface area contributed by atoms with Gasteiger partial charge in [0, 0.05) is 12.7 Å². The van der Waals surface area contributed by atoms with Crippen LogP contribution in [0.3, 0.4) is 0 Å². The summed E-state index contributed by atoms with van der Waals surface area (Å²) in [5.74, 6) is -2.13. The molecular weight excluding hydrogens is 353 g/mol. The molecule has 1 aromatic carbocycles. The number of halogens is 3. The van der Waals surface area contributed by atoms with E-state index in [0.717, 1.165) is 25.7 Å². The summed E-state index contributed by atoms with van der Waals surface area (Å²) in [4.78, 5) is 15.6. The number of ether oxygens (including phenoxy) is 2. The molecule has 0 bridgehead atoms. The summed E-state index contributed by atoms with van der Waals surface area (Å²) < 4.78 is 52.6. The summed E-state index contributed by atoms with van der Waals surface area (Å²) in [7, 11) is 1.59. The summed E-state index contributed by atoms with van der Waals surface area (Å²) in [6.45, 7) is 0. The van der Waals surface area contributed by atoms with Crippen LogP contribution >= 0.6 is 0 Å². The lowest BCUT2D eigenvalue weighted by Crippen LogP contribution is -2.35. The average Bonchev–Trinajstić information content (AvgIpc) is 3.13. The number of carbonyl (C=O) groups is 1. The van der Waals surface area contributed by atoms with Crippen LogP contribution in [0.4, 0.5) is 13.2 Å². The van der Waals surface area contributed by atoms with Gasteiger partial charge in [0.25, 0.3) is 0 Å². The summed E-state index contributed by atoms with van der Waals surface area (Å²) in [5.41, 5.74) is 0.585. The van der Waals surface area contributed by atoms with Crippen molar-refractivity contribution in [3.63, 3.8) is 0 Å². The minimum atomic E-state index is -4.70. The van der Waals surface area contributed by atoms with Gasteiger partial charge in [-0.25, -0.2) is 4.79 Å². The Morgan fingerprint density at radius 3 is 2.38 bits per heavy atom. The van der Waals surface area contributed by atoms with E-state index in [4.69, 9.17) is 9.47 Å². The highest BCUT2D eigenvalue weighted by atomic mass is 19.4. The molecule has 1 aliphatic carbocycles. The van der Waals surface area contributed by atoms with Gasteiger partial charge in [-0.3, -0.25) is 0 Å². The molecule has 140 valence electrons. The fourth-order valence-corrected chi connectivity index (χ4v) is 2.88. The van der Waals surface area contributed by atoms with Gasteiger partial charge in [0.05, 0.1) is 11.7 Å². The van der Waals surface area contributed by atoms with E-state index < -0.39 is 18.0 Å². The Morgan fingerprint density at radius 1 is 1.15 bits per heavy atom. The maximum atomic E-state index is 12.5. The molecule has 0 radical (unpaired) electrons. The maximum absolute atomic E-state index is 12.5. The van der Waals surface area contributed by atoms with Crippen molar-refractivity contribution in [1.29, 1.82) is 0 Å². The summed E-state index contributed by atoms with van der Waals surface area (Å²) >= 11 is 0. The summed E-state index contributed by atoms with van der Waals surface area (Å²) in [5, 5.41) is 3.30. The Bertz CT molecular complexity index is 758. The van der Waals surface area contributed by atoms with E-state index >= 15 is 0 Å². The lowest BCUT2D eigenvalue weighted by atomic mass is 9.94. The van der Waals surface area contributed by atoms with Crippen molar-refractivity contribution in [3.8, 4) is 11.4 Å². The molecule has 1 fully saturated rings. The number of methoxy groups -OCH3 is 1. The van der Waals surface area contributed by atoms with Crippen LogP contribution in [0.25, 0.3) is 11.4 Å². The van der Waals surface area contributed by atoms with Gasteiger partial charge < -0.3 is 14.0 Å². The molecule has 1 saturated carbocycles. The minimum Gasteiger partial charge on any atom is -0.456 e. The SMILES string of the molecule is CO[C@H]1CCCC[C@@H]1OC(=O)c1ccc(-c2noc(C(F)(F)F)n2)cc1. The summed E-state index contributed by atoms with van der Waals surface area (Å²) in [6, 6.07) is 5.78. The van der Waals surface area contributed by atoms with Gasteiger partial charge in [-0.2, -0.15) is 18.2 Å². The number of esters is 1. The average molecular weight is 370 g/mol. The number of rotatable bonds is 4. The van der Waals surface area contributed by atoms with E-state index in [1.165, 1.54) is 24.3 Å². The molecule has 1 aromatic heterocycles. The quantitative estimate of drug-likeness (QED) is 0.761. The van der Waals surface area contributed by atoms with Gasteiger partial charge in [-0.05, 0) is 31.4 Å². The standard InChI is InChI=1S/C17H17F3N2O4/c1-24-12-4-2-3-5-13(12)25-15(23)11-8-6-10(7-9-11)14-21-16(26-22-14)17(18,19)20/h6-9,12-13H,2-5H2,1H3/t12-,13-/m0/s1. The molecule has 0 N–H and O–H groups in total. The number of carbonyl (C=O) groups excluding carboxylic acids is 1. The van der Waals surface area contributed by atoms with Crippen LogP contribution in [-0.4, -0.2) is 35.4 Å².